The number of nitrogens with two attached hydrogens (primary N) is 1. The first-order valence-corrected chi connectivity index (χ1v) is 10.9. The fourth-order valence-corrected chi connectivity index (χ4v) is 5.28. The van der Waals surface area contributed by atoms with Crippen LogP contribution in [0.3, 0.4) is 0 Å². The normalized spacial score (nSPS) is 14.9. The summed E-state index contributed by atoms with van der Waals surface area (Å²) in [6.07, 6.45) is 5.45. The highest BCUT2D eigenvalue weighted by atomic mass is 32.2. The van der Waals surface area contributed by atoms with Gasteiger partial charge in [-0.1, -0.05) is 6.07 Å². The topological polar surface area (TPSA) is 124 Å². The van der Waals surface area contributed by atoms with Crippen molar-refractivity contribution in [2.24, 2.45) is 7.05 Å². The van der Waals surface area contributed by atoms with Crippen molar-refractivity contribution in [1.82, 2.24) is 33.7 Å². The molecular formula is C19H20N8O2S. The standard InChI is InChI=1S/C19H20N8O2S/c1-12-3-4-14(7-15(12)17-8-21-19-18(20)22-11-23-27(17)19)30(28,29)26-6-5-16-13(10-26)9-25(2)24-16/h3-4,7-9,11H,5-6,10H2,1-2H3,(H2,20,22,23). The number of nitrogen functional groups attached to an aromatic ring is 1. The number of benzene rings is 1. The molecule has 0 radical (unpaired) electrons. The molecule has 0 unspecified atom stereocenters. The second kappa shape index (κ2) is 6.61. The fourth-order valence-electron chi connectivity index (χ4n) is 3.84. The molecule has 0 aliphatic carbocycles. The second-order valence-electron chi connectivity index (χ2n) is 7.36. The fraction of sp³-hybridized carbons (Fsp3) is 0.263. The molecule has 30 heavy (non-hydrogen) atoms. The molecule has 1 aliphatic rings. The number of hydrogen-bond donors (Lipinski definition) is 1. The summed E-state index contributed by atoms with van der Waals surface area (Å²) in [5, 5.41) is 8.62. The predicted molar refractivity (Wildman–Crippen MR) is 110 cm³/mol. The Morgan fingerprint density at radius 2 is 2.03 bits per heavy atom. The summed E-state index contributed by atoms with van der Waals surface area (Å²) < 4.78 is 31.6. The number of nitrogens with zero attached hydrogens (tertiary/aromatic N) is 7. The van der Waals surface area contributed by atoms with Gasteiger partial charge in [0.2, 0.25) is 10.0 Å². The van der Waals surface area contributed by atoms with Crippen LogP contribution in [0.5, 0.6) is 0 Å². The van der Waals surface area contributed by atoms with E-state index in [1.54, 1.807) is 33.6 Å². The first-order valence-electron chi connectivity index (χ1n) is 9.41. The van der Waals surface area contributed by atoms with Crippen LogP contribution in [-0.2, 0) is 30.0 Å². The minimum absolute atomic E-state index is 0.229. The molecule has 0 saturated heterocycles. The zero-order valence-electron chi connectivity index (χ0n) is 16.5. The molecule has 5 rings (SSSR count). The van der Waals surface area contributed by atoms with Crippen LogP contribution in [0.4, 0.5) is 5.82 Å². The third-order valence-electron chi connectivity index (χ3n) is 5.39. The third-order valence-corrected chi connectivity index (χ3v) is 7.23. The van der Waals surface area contributed by atoms with Gasteiger partial charge in [-0.3, -0.25) is 4.68 Å². The molecule has 11 heteroatoms. The van der Waals surface area contributed by atoms with Gasteiger partial charge in [-0.05, 0) is 24.6 Å². The molecule has 0 amide bonds. The van der Waals surface area contributed by atoms with Crippen molar-refractivity contribution in [3.63, 3.8) is 0 Å². The first kappa shape index (κ1) is 18.7. The Morgan fingerprint density at radius 3 is 2.87 bits per heavy atom. The summed E-state index contributed by atoms with van der Waals surface area (Å²) in [7, 11) is -1.84. The molecule has 0 saturated carbocycles. The van der Waals surface area contributed by atoms with E-state index in [1.165, 1.54) is 10.6 Å². The summed E-state index contributed by atoms with van der Waals surface area (Å²) in [6.45, 7) is 2.63. The maximum Gasteiger partial charge on any atom is 0.243 e. The number of hydrogen-bond acceptors (Lipinski definition) is 7. The Hall–Kier alpha value is -3.31. The van der Waals surface area contributed by atoms with Crippen molar-refractivity contribution >= 4 is 21.5 Å². The lowest BCUT2D eigenvalue weighted by Crippen LogP contribution is -2.35. The van der Waals surface area contributed by atoms with Gasteiger partial charge in [0.05, 0.1) is 22.5 Å². The number of imidazole rings is 1. The maximum atomic E-state index is 13.4. The Bertz CT molecular complexity index is 1390. The van der Waals surface area contributed by atoms with Crippen LogP contribution in [0, 0.1) is 6.92 Å². The van der Waals surface area contributed by atoms with Crippen LogP contribution in [0.2, 0.25) is 0 Å². The van der Waals surface area contributed by atoms with E-state index in [-0.39, 0.29) is 10.7 Å². The van der Waals surface area contributed by atoms with Crippen molar-refractivity contribution in [2.75, 3.05) is 12.3 Å². The van der Waals surface area contributed by atoms with Gasteiger partial charge in [-0.15, -0.1) is 0 Å². The van der Waals surface area contributed by atoms with E-state index in [4.69, 9.17) is 5.73 Å². The van der Waals surface area contributed by atoms with Crippen LogP contribution in [0.15, 0.2) is 41.8 Å². The maximum absolute atomic E-state index is 13.4. The Kier molecular flexibility index (Phi) is 4.12. The molecule has 0 spiro atoms. The summed E-state index contributed by atoms with van der Waals surface area (Å²) in [4.78, 5) is 8.47. The number of anilines is 1. The van der Waals surface area contributed by atoms with Gasteiger partial charge in [0.15, 0.2) is 11.5 Å². The molecule has 10 nitrogen and oxygen atoms in total. The molecule has 4 aromatic rings. The minimum atomic E-state index is -3.68. The SMILES string of the molecule is Cc1ccc(S(=O)(=O)N2CCc3nn(C)cc3C2)cc1-c1cnc2c(N)ncnn12. The zero-order chi connectivity index (χ0) is 21.0. The third kappa shape index (κ3) is 2.85. The summed E-state index contributed by atoms with van der Waals surface area (Å²) in [5.41, 5.74) is 10.5. The molecule has 0 fully saturated rings. The molecule has 1 aromatic carbocycles. The van der Waals surface area contributed by atoms with Crippen LogP contribution in [0.25, 0.3) is 16.9 Å². The van der Waals surface area contributed by atoms with E-state index in [0.29, 0.717) is 30.9 Å². The molecule has 154 valence electrons. The average molecular weight is 424 g/mol. The zero-order valence-corrected chi connectivity index (χ0v) is 17.3. The van der Waals surface area contributed by atoms with Crippen molar-refractivity contribution in [2.45, 2.75) is 24.8 Å². The van der Waals surface area contributed by atoms with Crippen LogP contribution >= 0.6 is 0 Å². The summed E-state index contributed by atoms with van der Waals surface area (Å²) in [5.74, 6) is 0.262. The molecule has 0 bridgehead atoms. The van der Waals surface area contributed by atoms with Gasteiger partial charge in [-0.25, -0.2) is 22.9 Å². The Morgan fingerprint density at radius 1 is 1.20 bits per heavy atom. The monoisotopic (exact) mass is 424 g/mol. The largest absolute Gasteiger partial charge is 0.381 e. The highest BCUT2D eigenvalue weighted by molar-refractivity contribution is 7.89. The van der Waals surface area contributed by atoms with E-state index in [1.807, 2.05) is 20.2 Å². The van der Waals surface area contributed by atoms with Gasteiger partial charge in [0.1, 0.15) is 6.33 Å². The average Bonchev–Trinajstić information content (AvgIpc) is 3.31. The van der Waals surface area contributed by atoms with Gasteiger partial charge in [0.25, 0.3) is 0 Å². The number of fused-ring (bicyclic) bond motifs is 2. The molecule has 0 atom stereocenters. The molecule has 1 aliphatic heterocycles. The van der Waals surface area contributed by atoms with Crippen LogP contribution in [0.1, 0.15) is 16.8 Å². The Labute approximate surface area is 173 Å². The van der Waals surface area contributed by atoms with E-state index in [0.717, 1.165) is 22.4 Å². The van der Waals surface area contributed by atoms with Crippen LogP contribution in [-0.4, -0.2) is 48.6 Å². The predicted octanol–water partition coefficient (Wildman–Crippen LogP) is 1.16. The molecular weight excluding hydrogens is 404 g/mol. The first-order chi connectivity index (χ1) is 14.3. The summed E-state index contributed by atoms with van der Waals surface area (Å²) in [6, 6.07) is 5.11. The smallest absolute Gasteiger partial charge is 0.243 e. The van der Waals surface area contributed by atoms with E-state index in [2.05, 4.69) is 20.2 Å². The lowest BCUT2D eigenvalue weighted by molar-refractivity contribution is 0.390. The quantitative estimate of drug-likeness (QED) is 0.523. The lowest BCUT2D eigenvalue weighted by atomic mass is 10.1. The summed E-state index contributed by atoms with van der Waals surface area (Å²) >= 11 is 0. The van der Waals surface area contributed by atoms with Crippen LogP contribution < -0.4 is 5.73 Å². The minimum Gasteiger partial charge on any atom is -0.381 e. The van der Waals surface area contributed by atoms with E-state index < -0.39 is 10.0 Å². The second-order valence-corrected chi connectivity index (χ2v) is 9.30. The van der Waals surface area contributed by atoms with Crippen molar-refractivity contribution in [1.29, 1.82) is 0 Å². The number of rotatable bonds is 3. The van der Waals surface area contributed by atoms with Gasteiger partial charge >= 0.3 is 0 Å². The number of sulfonamides is 1. The highest BCUT2D eigenvalue weighted by Gasteiger charge is 2.30. The molecule has 3 aromatic heterocycles. The van der Waals surface area contributed by atoms with Gasteiger partial charge in [0, 0.05) is 43.9 Å². The van der Waals surface area contributed by atoms with Crippen molar-refractivity contribution in [3.05, 3.63) is 53.7 Å². The number of aromatic nitrogens is 6. The Balaban J connectivity index is 1.57. The van der Waals surface area contributed by atoms with Crippen molar-refractivity contribution in [3.8, 4) is 11.3 Å². The lowest BCUT2D eigenvalue weighted by Gasteiger charge is -2.25. The van der Waals surface area contributed by atoms with Gasteiger partial charge < -0.3 is 5.73 Å². The van der Waals surface area contributed by atoms with E-state index >= 15 is 0 Å². The number of aryl methyl sites for hydroxylation is 2. The van der Waals surface area contributed by atoms with Gasteiger partial charge in [-0.2, -0.15) is 14.5 Å². The van der Waals surface area contributed by atoms with Crippen molar-refractivity contribution < 1.29 is 8.42 Å². The molecule has 4 heterocycles. The highest BCUT2D eigenvalue weighted by Crippen LogP contribution is 2.30. The molecule has 2 N–H and O–H groups in total. The van der Waals surface area contributed by atoms with E-state index in [9.17, 15) is 8.42 Å².